The average Bonchev–Trinajstić information content (AvgIpc) is 3.13. The summed E-state index contributed by atoms with van der Waals surface area (Å²) in [7, 11) is 0. The smallest absolute Gasteiger partial charge is 0.338 e. The van der Waals surface area contributed by atoms with E-state index in [9.17, 15) is 23.6 Å². The van der Waals surface area contributed by atoms with Crippen LogP contribution in [0.3, 0.4) is 0 Å². The van der Waals surface area contributed by atoms with Crippen molar-refractivity contribution >= 4 is 35.1 Å². The SMILES string of the molecule is CC(OC(=O)c1ccc2c(c1)C(=O)N(c1ccc(F)cc1)C2=O)C(=O)N1CCCc2ccccc21. The molecule has 5 rings (SSSR count). The van der Waals surface area contributed by atoms with Gasteiger partial charge in [0.05, 0.1) is 22.4 Å². The van der Waals surface area contributed by atoms with Gasteiger partial charge in [-0.2, -0.15) is 0 Å². The van der Waals surface area contributed by atoms with Gasteiger partial charge in [-0.05, 0) is 73.9 Å². The first-order chi connectivity index (χ1) is 16.8. The lowest BCUT2D eigenvalue weighted by Crippen LogP contribution is -2.42. The summed E-state index contributed by atoms with van der Waals surface area (Å²) in [5.41, 5.74) is 2.32. The number of ether oxygens (including phenoxy) is 1. The molecule has 2 aliphatic heterocycles. The Kier molecular flexibility index (Phi) is 5.64. The van der Waals surface area contributed by atoms with Crippen molar-refractivity contribution in [3.8, 4) is 0 Å². The van der Waals surface area contributed by atoms with E-state index in [-0.39, 0.29) is 28.3 Å². The number of nitrogens with zero attached hydrogens (tertiary/aromatic N) is 2. The van der Waals surface area contributed by atoms with Crippen LogP contribution in [0.1, 0.15) is 50.0 Å². The van der Waals surface area contributed by atoms with Crippen LogP contribution in [0.25, 0.3) is 0 Å². The van der Waals surface area contributed by atoms with Gasteiger partial charge in [-0.3, -0.25) is 14.4 Å². The Morgan fingerprint density at radius 1 is 0.943 bits per heavy atom. The van der Waals surface area contributed by atoms with Crippen molar-refractivity contribution in [2.45, 2.75) is 25.9 Å². The summed E-state index contributed by atoms with van der Waals surface area (Å²) in [6, 6.07) is 16.6. The van der Waals surface area contributed by atoms with E-state index in [1.54, 1.807) is 4.90 Å². The molecule has 0 aliphatic carbocycles. The Morgan fingerprint density at radius 2 is 1.66 bits per heavy atom. The zero-order valence-electron chi connectivity index (χ0n) is 18.9. The first kappa shape index (κ1) is 22.5. The van der Waals surface area contributed by atoms with Gasteiger partial charge in [0.1, 0.15) is 5.82 Å². The fraction of sp³-hybridized carbons (Fsp3) is 0.185. The number of carbonyl (C=O) groups excluding carboxylic acids is 4. The van der Waals surface area contributed by atoms with Crippen molar-refractivity contribution in [3.05, 3.63) is 94.8 Å². The number of fused-ring (bicyclic) bond motifs is 2. The molecule has 0 N–H and O–H groups in total. The lowest BCUT2D eigenvalue weighted by Gasteiger charge is -2.31. The fourth-order valence-electron chi connectivity index (χ4n) is 4.45. The molecule has 3 amide bonds. The Balaban J connectivity index is 1.33. The average molecular weight is 472 g/mol. The molecule has 176 valence electrons. The zero-order chi connectivity index (χ0) is 24.7. The third-order valence-corrected chi connectivity index (χ3v) is 6.21. The van der Waals surface area contributed by atoms with Gasteiger partial charge in [-0.25, -0.2) is 14.1 Å². The molecule has 0 saturated heterocycles. The minimum absolute atomic E-state index is 0.0395. The lowest BCUT2D eigenvalue weighted by atomic mass is 10.0. The number of rotatable bonds is 4. The van der Waals surface area contributed by atoms with Crippen LogP contribution in [0.15, 0.2) is 66.7 Å². The molecule has 0 bridgehead atoms. The van der Waals surface area contributed by atoms with Crippen molar-refractivity contribution in [1.29, 1.82) is 0 Å². The molecule has 35 heavy (non-hydrogen) atoms. The second-order valence-corrected chi connectivity index (χ2v) is 8.45. The number of para-hydroxylation sites is 1. The number of hydrogen-bond donors (Lipinski definition) is 0. The zero-order valence-corrected chi connectivity index (χ0v) is 18.9. The monoisotopic (exact) mass is 472 g/mol. The molecule has 0 radical (unpaired) electrons. The largest absolute Gasteiger partial charge is 0.449 e. The predicted molar refractivity (Wildman–Crippen MR) is 126 cm³/mol. The number of amides is 3. The minimum atomic E-state index is -1.05. The number of esters is 1. The van der Waals surface area contributed by atoms with Crippen molar-refractivity contribution < 1.29 is 28.3 Å². The van der Waals surface area contributed by atoms with Gasteiger partial charge in [-0.1, -0.05) is 18.2 Å². The standard InChI is InChI=1S/C27H21FN2O5/c1-16(24(31)29-14-4-6-17-5-2-3-7-23(17)29)35-27(34)18-8-13-21-22(15-18)26(33)30(25(21)32)20-11-9-19(28)10-12-20/h2-3,5,7-13,15-16H,4,6,14H2,1H3. The maximum atomic E-state index is 13.3. The molecule has 3 aromatic rings. The Hall–Kier alpha value is -4.33. The summed E-state index contributed by atoms with van der Waals surface area (Å²) in [4.78, 5) is 54.1. The van der Waals surface area contributed by atoms with Crippen LogP contribution in [0.4, 0.5) is 15.8 Å². The molecule has 2 heterocycles. The number of imide groups is 1. The summed E-state index contributed by atoms with van der Waals surface area (Å²) >= 11 is 0. The molecule has 3 aromatic carbocycles. The highest BCUT2D eigenvalue weighted by Gasteiger charge is 2.37. The third-order valence-electron chi connectivity index (χ3n) is 6.21. The van der Waals surface area contributed by atoms with Gasteiger partial charge in [0.2, 0.25) is 0 Å². The Morgan fingerprint density at radius 3 is 2.43 bits per heavy atom. The van der Waals surface area contributed by atoms with Crippen LogP contribution < -0.4 is 9.80 Å². The molecule has 0 saturated carbocycles. The van der Waals surface area contributed by atoms with Gasteiger partial charge >= 0.3 is 5.97 Å². The van der Waals surface area contributed by atoms with Crippen LogP contribution in [0.5, 0.6) is 0 Å². The number of hydrogen-bond acceptors (Lipinski definition) is 5. The second kappa shape index (κ2) is 8.79. The topological polar surface area (TPSA) is 84.0 Å². The summed E-state index contributed by atoms with van der Waals surface area (Å²) in [5, 5.41) is 0. The fourth-order valence-corrected chi connectivity index (χ4v) is 4.45. The highest BCUT2D eigenvalue weighted by Crippen LogP contribution is 2.30. The summed E-state index contributed by atoms with van der Waals surface area (Å²) in [6.45, 7) is 2.04. The highest BCUT2D eigenvalue weighted by molar-refractivity contribution is 6.34. The molecule has 8 heteroatoms. The number of halogens is 1. The van der Waals surface area contributed by atoms with Crippen LogP contribution in [0.2, 0.25) is 0 Å². The molecule has 1 atom stereocenters. The molecular weight excluding hydrogens is 451 g/mol. The van der Waals surface area contributed by atoms with E-state index >= 15 is 0 Å². The Bertz CT molecular complexity index is 1370. The van der Waals surface area contributed by atoms with Crippen LogP contribution >= 0.6 is 0 Å². The number of carbonyl (C=O) groups is 4. The first-order valence-electron chi connectivity index (χ1n) is 11.2. The predicted octanol–water partition coefficient (Wildman–Crippen LogP) is 4.15. The van der Waals surface area contributed by atoms with E-state index in [1.807, 2.05) is 24.3 Å². The number of anilines is 2. The van der Waals surface area contributed by atoms with E-state index in [0.717, 1.165) is 41.1 Å². The molecule has 0 fully saturated rings. The quantitative estimate of drug-likeness (QED) is 0.421. The maximum absolute atomic E-state index is 13.3. The maximum Gasteiger partial charge on any atom is 0.338 e. The van der Waals surface area contributed by atoms with E-state index in [4.69, 9.17) is 4.74 Å². The highest BCUT2D eigenvalue weighted by atomic mass is 19.1. The van der Waals surface area contributed by atoms with Gasteiger partial charge < -0.3 is 9.64 Å². The first-order valence-corrected chi connectivity index (χ1v) is 11.2. The normalized spacial score (nSPS) is 15.5. The molecule has 0 aromatic heterocycles. The van der Waals surface area contributed by atoms with E-state index in [2.05, 4.69) is 0 Å². The van der Waals surface area contributed by atoms with Gasteiger partial charge in [0.15, 0.2) is 6.10 Å². The van der Waals surface area contributed by atoms with Crippen molar-refractivity contribution in [3.63, 3.8) is 0 Å². The van der Waals surface area contributed by atoms with Crippen LogP contribution in [0, 0.1) is 5.82 Å². The van der Waals surface area contributed by atoms with E-state index in [0.29, 0.717) is 6.54 Å². The molecular formula is C27H21FN2O5. The van der Waals surface area contributed by atoms with Gasteiger partial charge in [-0.15, -0.1) is 0 Å². The van der Waals surface area contributed by atoms with Crippen molar-refractivity contribution in [2.75, 3.05) is 16.3 Å². The van der Waals surface area contributed by atoms with E-state index in [1.165, 1.54) is 37.3 Å². The third kappa shape index (κ3) is 3.97. The molecule has 7 nitrogen and oxygen atoms in total. The van der Waals surface area contributed by atoms with Crippen molar-refractivity contribution in [2.24, 2.45) is 0 Å². The minimum Gasteiger partial charge on any atom is -0.449 e. The number of benzene rings is 3. The Labute approximate surface area is 200 Å². The van der Waals surface area contributed by atoms with Crippen LogP contribution in [-0.4, -0.2) is 36.3 Å². The van der Waals surface area contributed by atoms with E-state index < -0.39 is 29.7 Å². The van der Waals surface area contributed by atoms with Gasteiger partial charge in [0.25, 0.3) is 17.7 Å². The summed E-state index contributed by atoms with van der Waals surface area (Å²) in [5.74, 6) is -2.80. The lowest BCUT2D eigenvalue weighted by molar-refractivity contribution is -0.126. The number of aryl methyl sites for hydroxylation is 1. The van der Waals surface area contributed by atoms with Crippen molar-refractivity contribution in [1.82, 2.24) is 0 Å². The molecule has 0 spiro atoms. The summed E-state index contributed by atoms with van der Waals surface area (Å²) < 4.78 is 18.7. The second-order valence-electron chi connectivity index (χ2n) is 8.45. The summed E-state index contributed by atoms with van der Waals surface area (Å²) in [6.07, 6.45) is 0.648. The molecule has 2 aliphatic rings. The van der Waals surface area contributed by atoms with Crippen LogP contribution in [-0.2, 0) is 16.0 Å². The molecule has 1 unspecified atom stereocenters. The van der Waals surface area contributed by atoms with Gasteiger partial charge in [0, 0.05) is 12.2 Å².